The molecule has 2 aromatic heterocycles. The van der Waals surface area contributed by atoms with Crippen LogP contribution in [0.2, 0.25) is 0 Å². The number of rotatable bonds is 6. The molecule has 0 bridgehead atoms. The van der Waals surface area contributed by atoms with Gasteiger partial charge >= 0.3 is 6.03 Å². The summed E-state index contributed by atoms with van der Waals surface area (Å²) in [6, 6.07) is 3.31. The van der Waals surface area contributed by atoms with Gasteiger partial charge in [0.05, 0.1) is 21.9 Å². The normalized spacial score (nSPS) is 18.9. The van der Waals surface area contributed by atoms with Gasteiger partial charge in [-0.15, -0.1) is 10.2 Å². The van der Waals surface area contributed by atoms with Crippen molar-refractivity contribution in [1.82, 2.24) is 25.8 Å². The molecule has 4 amide bonds. The first-order valence-corrected chi connectivity index (χ1v) is 10.6. The van der Waals surface area contributed by atoms with Crippen molar-refractivity contribution in [1.29, 1.82) is 0 Å². The summed E-state index contributed by atoms with van der Waals surface area (Å²) in [5.74, 6) is -1.41. The molecule has 1 fully saturated rings. The lowest BCUT2D eigenvalue weighted by Gasteiger charge is -2.27. The van der Waals surface area contributed by atoms with E-state index in [1.807, 2.05) is 0 Å². The largest absolute Gasteiger partial charge is 0.416 e. The van der Waals surface area contributed by atoms with Crippen LogP contribution in [-0.2, 0) is 16.0 Å². The van der Waals surface area contributed by atoms with E-state index in [9.17, 15) is 18.8 Å². The summed E-state index contributed by atoms with van der Waals surface area (Å²) < 4.78 is 19.4. The first kappa shape index (κ1) is 20.2. The summed E-state index contributed by atoms with van der Waals surface area (Å²) in [5, 5.41) is 15.8. The average Bonchev–Trinajstić information content (AvgIpc) is 3.28. The molecule has 1 aliphatic heterocycles. The van der Waals surface area contributed by atoms with Crippen molar-refractivity contribution in [3.05, 3.63) is 29.9 Å². The van der Waals surface area contributed by atoms with Crippen LogP contribution in [0.25, 0.3) is 10.2 Å². The van der Waals surface area contributed by atoms with Crippen LogP contribution in [0.1, 0.15) is 12.8 Å². The number of hydrogen-bond acceptors (Lipinski definition) is 9. The van der Waals surface area contributed by atoms with Gasteiger partial charge in [0.25, 0.3) is 5.22 Å². The van der Waals surface area contributed by atoms with Crippen molar-refractivity contribution in [2.45, 2.75) is 24.6 Å². The summed E-state index contributed by atoms with van der Waals surface area (Å²) in [4.78, 5) is 39.6. The minimum absolute atomic E-state index is 0.00228. The molecular formula is C17H15FN6O4S2. The fraction of sp³-hybridized carbons (Fsp3) is 0.294. The van der Waals surface area contributed by atoms with Gasteiger partial charge in [0, 0.05) is 12.5 Å². The van der Waals surface area contributed by atoms with E-state index >= 15 is 0 Å². The van der Waals surface area contributed by atoms with Crippen LogP contribution in [-0.4, -0.2) is 44.8 Å². The standard InChI is InChI=1S/C17H15FN6O4S2/c1-7-9(14(26)22-15(27)19-7)5-13-23-24-17(28-13)29-6-12(25)21-16-20-10-3-2-8(18)4-11(10)30-16/h2-4,7,9H,5-6H2,1H3,(H,20,21,25)(H2,19,22,26,27). The molecule has 4 rings (SSSR count). The minimum atomic E-state index is -0.534. The molecule has 30 heavy (non-hydrogen) atoms. The Morgan fingerprint density at radius 3 is 3.00 bits per heavy atom. The zero-order chi connectivity index (χ0) is 21.3. The maximum Gasteiger partial charge on any atom is 0.321 e. The highest BCUT2D eigenvalue weighted by molar-refractivity contribution is 7.99. The molecule has 156 valence electrons. The Hall–Kier alpha value is -3.06. The second-order valence-electron chi connectivity index (χ2n) is 6.49. The first-order chi connectivity index (χ1) is 14.4. The van der Waals surface area contributed by atoms with Gasteiger partial charge in [-0.1, -0.05) is 23.1 Å². The van der Waals surface area contributed by atoms with E-state index in [1.165, 1.54) is 23.5 Å². The van der Waals surface area contributed by atoms with Gasteiger partial charge in [-0.05, 0) is 25.1 Å². The number of anilines is 1. The Bertz CT molecular complexity index is 1130. The van der Waals surface area contributed by atoms with Crippen molar-refractivity contribution < 1.29 is 23.2 Å². The quantitative estimate of drug-likeness (QED) is 0.484. The lowest BCUT2D eigenvalue weighted by atomic mass is 9.95. The number of imide groups is 1. The average molecular weight is 450 g/mol. The molecule has 0 spiro atoms. The molecule has 3 heterocycles. The number of fused-ring (bicyclic) bond motifs is 1. The summed E-state index contributed by atoms with van der Waals surface area (Å²) in [7, 11) is 0. The van der Waals surface area contributed by atoms with Crippen LogP contribution in [0.4, 0.5) is 14.3 Å². The Morgan fingerprint density at radius 1 is 1.37 bits per heavy atom. The third kappa shape index (κ3) is 4.57. The molecule has 2 atom stereocenters. The number of hydrogen-bond donors (Lipinski definition) is 3. The van der Waals surface area contributed by atoms with Crippen molar-refractivity contribution in [3.63, 3.8) is 0 Å². The number of carbonyl (C=O) groups excluding carboxylic acids is 3. The highest BCUT2D eigenvalue weighted by Crippen LogP contribution is 2.27. The van der Waals surface area contributed by atoms with E-state index in [-0.39, 0.29) is 41.1 Å². The molecule has 0 saturated carbocycles. The van der Waals surface area contributed by atoms with E-state index in [1.54, 1.807) is 13.0 Å². The number of aromatic nitrogens is 3. The maximum absolute atomic E-state index is 13.3. The Balaban J connectivity index is 1.31. The van der Waals surface area contributed by atoms with Crippen molar-refractivity contribution in [3.8, 4) is 0 Å². The zero-order valence-electron chi connectivity index (χ0n) is 15.5. The fourth-order valence-electron chi connectivity index (χ4n) is 2.85. The summed E-state index contributed by atoms with van der Waals surface area (Å²) >= 11 is 2.21. The number of thiazole rings is 1. The van der Waals surface area contributed by atoms with Crippen molar-refractivity contribution >= 4 is 56.3 Å². The molecule has 0 radical (unpaired) electrons. The zero-order valence-corrected chi connectivity index (χ0v) is 17.1. The number of amides is 4. The van der Waals surface area contributed by atoms with Crippen LogP contribution in [0.15, 0.2) is 27.8 Å². The molecule has 13 heteroatoms. The van der Waals surface area contributed by atoms with Crippen LogP contribution >= 0.6 is 23.1 Å². The highest BCUT2D eigenvalue weighted by atomic mass is 32.2. The van der Waals surface area contributed by atoms with Crippen LogP contribution in [0.3, 0.4) is 0 Å². The van der Waals surface area contributed by atoms with Crippen molar-refractivity contribution in [2.24, 2.45) is 5.92 Å². The predicted octanol–water partition coefficient (Wildman–Crippen LogP) is 1.94. The van der Waals surface area contributed by atoms with Gasteiger partial charge < -0.3 is 15.1 Å². The lowest BCUT2D eigenvalue weighted by molar-refractivity contribution is -0.125. The maximum atomic E-state index is 13.3. The number of thioether (sulfide) groups is 1. The molecule has 2 unspecified atom stereocenters. The molecule has 1 aromatic carbocycles. The number of halogens is 1. The highest BCUT2D eigenvalue weighted by Gasteiger charge is 2.34. The minimum Gasteiger partial charge on any atom is -0.416 e. The van der Waals surface area contributed by atoms with E-state index in [2.05, 4.69) is 31.1 Å². The molecule has 0 aliphatic carbocycles. The lowest BCUT2D eigenvalue weighted by Crippen LogP contribution is -2.57. The molecule has 10 nitrogen and oxygen atoms in total. The third-order valence-electron chi connectivity index (χ3n) is 4.30. The monoisotopic (exact) mass is 450 g/mol. The predicted molar refractivity (Wildman–Crippen MR) is 107 cm³/mol. The first-order valence-electron chi connectivity index (χ1n) is 8.80. The summed E-state index contributed by atoms with van der Waals surface area (Å²) in [6.45, 7) is 1.72. The molecule has 3 aromatic rings. The SMILES string of the molecule is CC1NC(=O)NC(=O)C1Cc1nnc(SCC(=O)Nc2nc3ccc(F)cc3s2)o1. The molecule has 1 saturated heterocycles. The van der Waals surface area contributed by atoms with Gasteiger partial charge in [0.2, 0.25) is 17.7 Å². The number of nitrogens with one attached hydrogen (secondary N) is 3. The van der Waals surface area contributed by atoms with Crippen LogP contribution in [0, 0.1) is 11.7 Å². The van der Waals surface area contributed by atoms with E-state index in [0.29, 0.717) is 15.3 Å². The number of nitrogens with zero attached hydrogens (tertiary/aromatic N) is 3. The van der Waals surface area contributed by atoms with Crippen molar-refractivity contribution in [2.75, 3.05) is 11.1 Å². The summed E-state index contributed by atoms with van der Waals surface area (Å²) in [5.41, 5.74) is 0.600. The Labute approximate surface area is 177 Å². The van der Waals surface area contributed by atoms with Crippen LogP contribution in [0.5, 0.6) is 0 Å². The summed E-state index contributed by atoms with van der Waals surface area (Å²) in [6.07, 6.45) is 0.162. The van der Waals surface area contributed by atoms with Gasteiger partial charge in [-0.25, -0.2) is 14.2 Å². The van der Waals surface area contributed by atoms with Gasteiger partial charge in [0.15, 0.2) is 5.13 Å². The topological polar surface area (TPSA) is 139 Å². The van der Waals surface area contributed by atoms with Gasteiger partial charge in [-0.2, -0.15) is 0 Å². The second kappa shape index (κ2) is 8.36. The van der Waals surface area contributed by atoms with Gasteiger partial charge in [-0.3, -0.25) is 14.9 Å². The fourth-order valence-corrected chi connectivity index (χ4v) is 4.33. The van der Waals surface area contributed by atoms with E-state index in [4.69, 9.17) is 4.42 Å². The Morgan fingerprint density at radius 2 is 2.20 bits per heavy atom. The number of urea groups is 1. The van der Waals surface area contributed by atoms with Gasteiger partial charge in [0.1, 0.15) is 5.82 Å². The Kier molecular flexibility index (Phi) is 5.63. The number of benzene rings is 1. The van der Waals surface area contributed by atoms with E-state index in [0.717, 1.165) is 11.8 Å². The second-order valence-corrected chi connectivity index (χ2v) is 8.45. The third-order valence-corrected chi connectivity index (χ3v) is 6.05. The van der Waals surface area contributed by atoms with E-state index < -0.39 is 17.9 Å². The molecular weight excluding hydrogens is 435 g/mol. The number of carbonyl (C=O) groups is 3. The molecule has 1 aliphatic rings. The molecule has 3 N–H and O–H groups in total. The smallest absolute Gasteiger partial charge is 0.321 e. The van der Waals surface area contributed by atoms with Crippen LogP contribution < -0.4 is 16.0 Å².